The number of halogens is 3. The number of benzene rings is 1. The molecule has 2 fully saturated rings. The summed E-state index contributed by atoms with van der Waals surface area (Å²) in [5.41, 5.74) is 0.672. The molecule has 3 heterocycles. The molecule has 2 unspecified atom stereocenters. The van der Waals surface area contributed by atoms with Crippen molar-refractivity contribution < 1.29 is 40.7 Å². The van der Waals surface area contributed by atoms with Crippen LogP contribution >= 0.6 is 0 Å². The first kappa shape index (κ1) is 28.5. The molecule has 2 aliphatic rings. The van der Waals surface area contributed by atoms with Gasteiger partial charge in [0.1, 0.15) is 11.8 Å². The fourth-order valence-electron chi connectivity index (χ4n) is 4.85. The van der Waals surface area contributed by atoms with Crippen LogP contribution in [0.3, 0.4) is 0 Å². The first-order valence-corrected chi connectivity index (χ1v) is 13.9. The van der Waals surface area contributed by atoms with Crippen LogP contribution < -0.4 is 10.1 Å². The topological polar surface area (TPSA) is 126 Å². The van der Waals surface area contributed by atoms with Crippen LogP contribution in [0.25, 0.3) is 0 Å². The van der Waals surface area contributed by atoms with E-state index in [9.17, 15) is 36.0 Å². The Kier molecular flexibility index (Phi) is 8.54. The summed E-state index contributed by atoms with van der Waals surface area (Å²) >= 11 is 0. The molecule has 0 spiro atoms. The molecular weight excluding hydrogens is 541 g/mol. The number of ether oxygens (including phenoxy) is 1. The number of hydrogen-bond acceptors (Lipinski definition) is 7. The number of amides is 2. The largest absolute Gasteiger partial charge is 0.573 e. The van der Waals surface area contributed by atoms with Crippen molar-refractivity contribution in [1.29, 1.82) is 0 Å². The van der Waals surface area contributed by atoms with Gasteiger partial charge in [0.25, 0.3) is 5.91 Å². The van der Waals surface area contributed by atoms with Crippen LogP contribution in [0.15, 0.2) is 48.8 Å². The molecule has 39 heavy (non-hydrogen) atoms. The molecule has 10 nitrogen and oxygen atoms in total. The molecule has 2 aromatic rings. The Morgan fingerprint density at radius 2 is 1.87 bits per heavy atom. The average Bonchev–Trinajstić information content (AvgIpc) is 3.45. The summed E-state index contributed by atoms with van der Waals surface area (Å²) in [6.45, 7) is 0.249. The average molecular weight is 569 g/mol. The quantitative estimate of drug-likeness (QED) is 0.436. The van der Waals surface area contributed by atoms with Gasteiger partial charge in [-0.15, -0.1) is 13.2 Å². The van der Waals surface area contributed by atoms with Gasteiger partial charge in [-0.25, -0.2) is 8.42 Å². The van der Waals surface area contributed by atoms with Crippen LogP contribution in [-0.4, -0.2) is 78.3 Å². The summed E-state index contributed by atoms with van der Waals surface area (Å²) in [7, 11) is -3.78. The third-order valence-corrected chi connectivity index (χ3v) is 8.39. The van der Waals surface area contributed by atoms with Crippen LogP contribution in [0.4, 0.5) is 13.2 Å². The Morgan fingerprint density at radius 3 is 2.54 bits per heavy atom. The highest BCUT2D eigenvalue weighted by molar-refractivity contribution is 7.88. The molecule has 0 radical (unpaired) electrons. The monoisotopic (exact) mass is 568 g/mol. The van der Waals surface area contributed by atoms with E-state index >= 15 is 0 Å². The second-order valence-electron chi connectivity index (χ2n) is 9.30. The number of alkyl halides is 3. The summed E-state index contributed by atoms with van der Waals surface area (Å²) in [5, 5.41) is 2.64. The van der Waals surface area contributed by atoms with E-state index in [2.05, 4.69) is 15.0 Å². The van der Waals surface area contributed by atoms with Crippen molar-refractivity contribution in [3.8, 4) is 5.75 Å². The minimum absolute atomic E-state index is 0.123. The van der Waals surface area contributed by atoms with E-state index in [0.717, 1.165) is 12.1 Å². The van der Waals surface area contributed by atoms with E-state index in [-0.39, 0.29) is 49.1 Å². The Hall–Kier alpha value is -3.52. The summed E-state index contributed by atoms with van der Waals surface area (Å²) in [5.74, 6) is -1.75. The van der Waals surface area contributed by atoms with Gasteiger partial charge in [0, 0.05) is 37.5 Å². The summed E-state index contributed by atoms with van der Waals surface area (Å²) in [6.07, 6.45) is -0.451. The van der Waals surface area contributed by atoms with Crippen LogP contribution in [0.5, 0.6) is 5.75 Å². The first-order valence-electron chi connectivity index (χ1n) is 12.3. The van der Waals surface area contributed by atoms with E-state index in [1.165, 1.54) is 27.5 Å². The van der Waals surface area contributed by atoms with Crippen molar-refractivity contribution in [2.45, 2.75) is 49.9 Å². The van der Waals surface area contributed by atoms with Crippen molar-refractivity contribution in [3.63, 3.8) is 0 Å². The van der Waals surface area contributed by atoms with Crippen molar-refractivity contribution >= 4 is 27.6 Å². The predicted molar refractivity (Wildman–Crippen MR) is 132 cm³/mol. The Morgan fingerprint density at radius 1 is 1.13 bits per heavy atom. The zero-order valence-corrected chi connectivity index (χ0v) is 21.6. The number of nitrogens with one attached hydrogen (secondary N) is 1. The van der Waals surface area contributed by atoms with Crippen molar-refractivity contribution in [3.05, 3.63) is 59.9 Å². The fourth-order valence-corrected chi connectivity index (χ4v) is 6.56. The molecule has 2 aliphatic heterocycles. The molecule has 0 bridgehead atoms. The van der Waals surface area contributed by atoms with E-state index in [1.54, 1.807) is 18.3 Å². The number of carbonyl (C=O) groups is 3. The number of hydrogen-bond donors (Lipinski definition) is 1. The molecule has 2 amide bonds. The standard InChI is InChI=1S/C25H27F3N4O6S/c26-25(27,28)38-19-8-6-18(7-9-19)24(35)30-12-2-1-5-22(34)31-13-10-20-23(31)21(33)15-32(20)39(36,37)16-17-4-3-11-29-14-17/h3-4,6-9,11,14,20,23H,1-2,5,10,12-13,15-16H2,(H,30,35). The summed E-state index contributed by atoms with van der Waals surface area (Å²) < 4.78 is 67.7. The Labute approximate surface area is 223 Å². The zero-order valence-electron chi connectivity index (χ0n) is 20.8. The third kappa shape index (κ3) is 7.12. The molecule has 2 atom stereocenters. The number of sulfonamides is 1. The molecule has 1 aromatic carbocycles. The molecule has 0 aliphatic carbocycles. The van der Waals surface area contributed by atoms with Gasteiger partial charge in [0.05, 0.1) is 18.3 Å². The lowest BCUT2D eigenvalue weighted by Crippen LogP contribution is -2.43. The van der Waals surface area contributed by atoms with Gasteiger partial charge in [-0.3, -0.25) is 19.4 Å². The van der Waals surface area contributed by atoms with Crippen molar-refractivity contribution in [2.24, 2.45) is 0 Å². The van der Waals surface area contributed by atoms with Crippen LogP contribution in [0.2, 0.25) is 0 Å². The highest BCUT2D eigenvalue weighted by Crippen LogP contribution is 2.33. The van der Waals surface area contributed by atoms with Gasteiger partial charge in [-0.1, -0.05) is 6.07 Å². The van der Waals surface area contributed by atoms with Crippen molar-refractivity contribution in [2.75, 3.05) is 19.6 Å². The number of fused-ring (bicyclic) bond motifs is 1. The second-order valence-corrected chi connectivity index (χ2v) is 11.2. The van der Waals surface area contributed by atoms with Gasteiger partial charge in [0.15, 0.2) is 5.78 Å². The van der Waals surface area contributed by atoms with E-state index in [0.29, 0.717) is 24.8 Å². The molecule has 1 aromatic heterocycles. The Bertz CT molecular complexity index is 1310. The second kappa shape index (κ2) is 11.7. The van der Waals surface area contributed by atoms with E-state index in [1.807, 2.05) is 0 Å². The number of ketones is 1. The van der Waals surface area contributed by atoms with Gasteiger partial charge < -0.3 is 15.0 Å². The molecule has 0 saturated carbocycles. The van der Waals surface area contributed by atoms with Crippen LogP contribution in [-0.2, 0) is 25.4 Å². The van der Waals surface area contributed by atoms with E-state index in [4.69, 9.17) is 0 Å². The van der Waals surface area contributed by atoms with Crippen LogP contribution in [0, 0.1) is 0 Å². The number of pyridine rings is 1. The highest BCUT2D eigenvalue weighted by atomic mass is 32.2. The normalized spacial score (nSPS) is 19.7. The van der Waals surface area contributed by atoms with Gasteiger partial charge in [0.2, 0.25) is 15.9 Å². The van der Waals surface area contributed by atoms with Gasteiger partial charge in [-0.05, 0) is 55.2 Å². The lowest BCUT2D eigenvalue weighted by Gasteiger charge is -2.24. The summed E-state index contributed by atoms with van der Waals surface area (Å²) in [4.78, 5) is 43.2. The Balaban J connectivity index is 1.22. The van der Waals surface area contributed by atoms with Gasteiger partial charge >= 0.3 is 6.36 Å². The number of unbranched alkanes of at least 4 members (excludes halogenated alkanes) is 1. The highest BCUT2D eigenvalue weighted by Gasteiger charge is 2.53. The number of rotatable bonds is 10. The SMILES string of the molecule is O=C(NCCCCC(=O)N1CCC2C1C(=O)CN2S(=O)(=O)Cc1cccnc1)c1ccc(OC(F)(F)F)cc1. The number of carbonyl (C=O) groups excluding carboxylic acids is 3. The molecule has 4 rings (SSSR count). The van der Waals surface area contributed by atoms with Gasteiger partial charge in [-0.2, -0.15) is 4.31 Å². The minimum atomic E-state index is -4.82. The number of likely N-dealkylation sites (tertiary alicyclic amines) is 1. The zero-order chi connectivity index (χ0) is 28.2. The maximum Gasteiger partial charge on any atom is 0.573 e. The fraction of sp³-hybridized carbons (Fsp3) is 0.440. The first-order chi connectivity index (χ1) is 18.4. The lowest BCUT2D eigenvalue weighted by molar-refractivity contribution is -0.274. The third-order valence-electron chi connectivity index (χ3n) is 6.58. The predicted octanol–water partition coefficient (Wildman–Crippen LogP) is 2.26. The maximum absolute atomic E-state index is 13.0. The molecule has 210 valence electrons. The number of Topliss-reactive ketones (excluding diaryl/α,β-unsaturated/α-hetero) is 1. The van der Waals surface area contributed by atoms with E-state index < -0.39 is 40.1 Å². The molecular formula is C25H27F3N4O6S. The molecule has 1 N–H and O–H groups in total. The van der Waals surface area contributed by atoms with Crippen molar-refractivity contribution in [1.82, 2.24) is 19.5 Å². The summed E-state index contributed by atoms with van der Waals surface area (Å²) in [6, 6.07) is 6.40. The molecule has 14 heteroatoms. The number of nitrogens with zero attached hydrogens (tertiary/aromatic N) is 3. The lowest BCUT2D eigenvalue weighted by atomic mass is 10.1. The van der Waals surface area contributed by atoms with Crippen LogP contribution in [0.1, 0.15) is 41.6 Å². The maximum atomic E-state index is 13.0. The minimum Gasteiger partial charge on any atom is -0.406 e. The molecule has 2 saturated heterocycles. The number of aromatic nitrogens is 1. The smallest absolute Gasteiger partial charge is 0.406 e.